The van der Waals surface area contributed by atoms with Gasteiger partial charge >= 0.3 is 5.97 Å². The van der Waals surface area contributed by atoms with Crippen LogP contribution in [0.4, 0.5) is 13.2 Å². The maximum atomic E-state index is 13.0. The van der Waals surface area contributed by atoms with Gasteiger partial charge in [0.05, 0.1) is 12.1 Å². The zero-order valence-corrected chi connectivity index (χ0v) is 7.26. The molecule has 0 saturated heterocycles. The predicted octanol–water partition coefficient (Wildman–Crippen LogP) is 1.08. The molecule has 0 unspecified atom stereocenters. The molecule has 2 N–H and O–H groups in total. The highest BCUT2D eigenvalue weighted by Crippen LogP contribution is 2.21. The Kier molecular flexibility index (Phi) is 3.13. The van der Waals surface area contributed by atoms with Crippen LogP contribution in [0.15, 0.2) is 10.9 Å². The highest BCUT2D eigenvalue weighted by molar-refractivity contribution is 5.70. The van der Waals surface area contributed by atoms with E-state index in [9.17, 15) is 22.8 Å². The summed E-state index contributed by atoms with van der Waals surface area (Å²) >= 11 is 0. The Morgan fingerprint density at radius 2 is 2.13 bits per heavy atom. The lowest BCUT2D eigenvalue weighted by Crippen LogP contribution is -2.16. The number of carboxylic acid groups (broad SMARTS) is 1. The Hall–Kier alpha value is -1.79. The molecule has 0 aliphatic heterocycles. The summed E-state index contributed by atoms with van der Waals surface area (Å²) in [5, 5.41) is 8.36. The summed E-state index contributed by atoms with van der Waals surface area (Å²) in [4.78, 5) is 22.7. The summed E-state index contributed by atoms with van der Waals surface area (Å²) in [6, 6.07) is 0.435. The van der Waals surface area contributed by atoms with Crippen LogP contribution in [0, 0.1) is 5.82 Å². The van der Waals surface area contributed by atoms with Crippen molar-refractivity contribution in [2.24, 2.45) is 0 Å². The first-order valence-electron chi connectivity index (χ1n) is 3.83. The molecule has 0 spiro atoms. The molecule has 1 heterocycles. The number of hydrogen-bond donors (Lipinski definition) is 2. The van der Waals surface area contributed by atoms with Gasteiger partial charge in [-0.2, -0.15) is 0 Å². The van der Waals surface area contributed by atoms with Crippen LogP contribution in [-0.2, 0) is 11.2 Å². The van der Waals surface area contributed by atoms with E-state index in [2.05, 4.69) is 0 Å². The summed E-state index contributed by atoms with van der Waals surface area (Å²) in [6.07, 6.45) is -4.02. The standard InChI is InChI=1S/C8H6F3NO3/c9-4-2-5(13)12-7(8(10)11)3(4)1-6(14)15/h2,8H,1H2,(H,12,13)(H,14,15). The number of aliphatic carboxylic acids is 1. The number of H-pyrrole nitrogens is 1. The van der Waals surface area contributed by atoms with Crippen LogP contribution in [-0.4, -0.2) is 16.1 Å². The molecule has 1 rings (SSSR count). The molecular weight excluding hydrogens is 215 g/mol. The van der Waals surface area contributed by atoms with Crippen molar-refractivity contribution in [2.75, 3.05) is 0 Å². The number of aromatic nitrogens is 1. The van der Waals surface area contributed by atoms with E-state index in [1.807, 2.05) is 0 Å². The fourth-order valence-corrected chi connectivity index (χ4v) is 1.09. The number of hydrogen-bond acceptors (Lipinski definition) is 2. The molecule has 4 nitrogen and oxygen atoms in total. The molecule has 82 valence electrons. The Bertz CT molecular complexity index is 441. The van der Waals surface area contributed by atoms with Gasteiger partial charge in [-0.05, 0) is 0 Å². The maximum Gasteiger partial charge on any atom is 0.307 e. The van der Waals surface area contributed by atoms with Gasteiger partial charge in [0.15, 0.2) is 0 Å². The molecule has 15 heavy (non-hydrogen) atoms. The Labute approximate surface area is 81.4 Å². The second-order valence-electron chi connectivity index (χ2n) is 2.74. The van der Waals surface area contributed by atoms with Crippen molar-refractivity contribution < 1.29 is 23.1 Å². The summed E-state index contributed by atoms with van der Waals surface area (Å²) in [5.74, 6) is -2.70. The largest absolute Gasteiger partial charge is 0.481 e. The van der Waals surface area contributed by atoms with Crippen molar-refractivity contribution in [1.82, 2.24) is 4.98 Å². The van der Waals surface area contributed by atoms with Crippen LogP contribution in [0.1, 0.15) is 17.7 Å². The normalized spacial score (nSPS) is 10.7. The lowest BCUT2D eigenvalue weighted by atomic mass is 10.1. The number of alkyl halides is 2. The average molecular weight is 221 g/mol. The van der Waals surface area contributed by atoms with Crippen molar-refractivity contribution in [2.45, 2.75) is 12.8 Å². The van der Waals surface area contributed by atoms with Gasteiger partial charge in [-0.25, -0.2) is 13.2 Å². The van der Waals surface area contributed by atoms with E-state index in [1.165, 1.54) is 0 Å². The minimum absolute atomic E-state index is 0.435. The molecule has 0 aromatic carbocycles. The molecule has 0 bridgehead atoms. The number of nitrogens with one attached hydrogen (secondary N) is 1. The molecule has 0 fully saturated rings. The zero-order valence-electron chi connectivity index (χ0n) is 7.26. The minimum atomic E-state index is -3.12. The van der Waals surface area contributed by atoms with Gasteiger partial charge in [0.2, 0.25) is 0 Å². The van der Waals surface area contributed by atoms with E-state index in [0.29, 0.717) is 6.07 Å². The van der Waals surface area contributed by atoms with Gasteiger partial charge in [-0.15, -0.1) is 0 Å². The highest BCUT2D eigenvalue weighted by Gasteiger charge is 2.20. The highest BCUT2D eigenvalue weighted by atomic mass is 19.3. The Morgan fingerprint density at radius 3 is 2.60 bits per heavy atom. The van der Waals surface area contributed by atoms with Crippen molar-refractivity contribution in [3.8, 4) is 0 Å². The number of rotatable bonds is 3. The topological polar surface area (TPSA) is 70.2 Å². The molecular formula is C8H6F3NO3. The van der Waals surface area contributed by atoms with E-state index in [1.54, 1.807) is 4.98 Å². The van der Waals surface area contributed by atoms with Gasteiger partial charge in [0.25, 0.3) is 12.0 Å². The van der Waals surface area contributed by atoms with Crippen LogP contribution in [0.5, 0.6) is 0 Å². The molecule has 1 aromatic heterocycles. The maximum absolute atomic E-state index is 13.0. The number of carboxylic acids is 1. The first kappa shape index (κ1) is 11.3. The summed E-state index contributed by atoms with van der Waals surface area (Å²) in [5.41, 5.74) is -2.71. The number of aromatic amines is 1. The van der Waals surface area contributed by atoms with E-state index in [-0.39, 0.29) is 0 Å². The number of halogens is 3. The number of pyridine rings is 1. The second-order valence-corrected chi connectivity index (χ2v) is 2.74. The smallest absolute Gasteiger partial charge is 0.307 e. The van der Waals surface area contributed by atoms with Crippen molar-refractivity contribution in [1.29, 1.82) is 0 Å². The number of carbonyl (C=O) groups is 1. The van der Waals surface area contributed by atoms with Crippen LogP contribution in [0.25, 0.3) is 0 Å². The van der Waals surface area contributed by atoms with E-state index in [4.69, 9.17) is 5.11 Å². The first-order chi connectivity index (χ1) is 6.91. The SMILES string of the molecule is O=C(O)Cc1c(F)cc(=O)[nH]c1C(F)F. The van der Waals surface area contributed by atoms with Crippen LogP contribution < -0.4 is 5.56 Å². The van der Waals surface area contributed by atoms with Crippen LogP contribution >= 0.6 is 0 Å². The molecule has 0 aliphatic rings. The molecule has 0 aliphatic carbocycles. The van der Waals surface area contributed by atoms with Gasteiger partial charge in [0.1, 0.15) is 5.82 Å². The zero-order chi connectivity index (χ0) is 11.6. The third-order valence-corrected chi connectivity index (χ3v) is 1.68. The third kappa shape index (κ3) is 2.58. The minimum Gasteiger partial charge on any atom is -0.481 e. The van der Waals surface area contributed by atoms with Crippen molar-refractivity contribution >= 4 is 5.97 Å². The van der Waals surface area contributed by atoms with E-state index in [0.717, 1.165) is 0 Å². The van der Waals surface area contributed by atoms with Gasteiger partial charge in [-0.3, -0.25) is 9.59 Å². The summed E-state index contributed by atoms with van der Waals surface area (Å²) in [7, 11) is 0. The van der Waals surface area contributed by atoms with Gasteiger partial charge in [-0.1, -0.05) is 0 Å². The molecule has 1 aromatic rings. The van der Waals surface area contributed by atoms with E-state index < -0.39 is 41.4 Å². The van der Waals surface area contributed by atoms with Crippen molar-refractivity contribution in [3.05, 3.63) is 33.5 Å². The van der Waals surface area contributed by atoms with E-state index >= 15 is 0 Å². The van der Waals surface area contributed by atoms with Crippen molar-refractivity contribution in [3.63, 3.8) is 0 Å². The molecule has 0 radical (unpaired) electrons. The quantitative estimate of drug-likeness (QED) is 0.802. The second kappa shape index (κ2) is 4.16. The third-order valence-electron chi connectivity index (χ3n) is 1.68. The lowest BCUT2D eigenvalue weighted by molar-refractivity contribution is -0.136. The van der Waals surface area contributed by atoms with Gasteiger partial charge < -0.3 is 10.1 Å². The fraction of sp³-hybridized carbons (Fsp3) is 0.250. The molecule has 0 atom stereocenters. The van der Waals surface area contributed by atoms with Crippen LogP contribution in [0.3, 0.4) is 0 Å². The monoisotopic (exact) mass is 221 g/mol. The molecule has 7 heteroatoms. The summed E-state index contributed by atoms with van der Waals surface area (Å²) in [6.45, 7) is 0. The Morgan fingerprint density at radius 1 is 1.53 bits per heavy atom. The predicted molar refractivity (Wildman–Crippen MR) is 43.3 cm³/mol. The Balaban J connectivity index is 3.33. The molecule has 0 amide bonds. The average Bonchev–Trinajstić information content (AvgIpc) is 2.08. The first-order valence-corrected chi connectivity index (χ1v) is 3.83. The lowest BCUT2D eigenvalue weighted by Gasteiger charge is -2.06. The fourth-order valence-electron chi connectivity index (χ4n) is 1.09. The summed E-state index contributed by atoms with van der Waals surface area (Å²) < 4.78 is 37.6. The van der Waals surface area contributed by atoms with Gasteiger partial charge in [0, 0.05) is 11.6 Å². The van der Waals surface area contributed by atoms with Crippen LogP contribution in [0.2, 0.25) is 0 Å². The molecule has 0 saturated carbocycles.